The topological polar surface area (TPSA) is 75.4 Å². The van der Waals surface area contributed by atoms with Crippen molar-refractivity contribution in [3.05, 3.63) is 22.7 Å². The van der Waals surface area contributed by atoms with E-state index in [0.29, 0.717) is 35.4 Å². The van der Waals surface area contributed by atoms with Crippen molar-refractivity contribution in [2.45, 2.75) is 31.7 Å². The third-order valence-electron chi connectivity index (χ3n) is 3.29. The molecule has 0 saturated heterocycles. The quantitative estimate of drug-likeness (QED) is 0.785. The highest BCUT2D eigenvalue weighted by molar-refractivity contribution is 7.89. The van der Waals surface area contributed by atoms with Crippen molar-refractivity contribution in [3.8, 4) is 0 Å². The van der Waals surface area contributed by atoms with Gasteiger partial charge in [0.25, 0.3) is 0 Å². The first kappa shape index (κ1) is 17.2. The van der Waals surface area contributed by atoms with Crippen LogP contribution in [-0.4, -0.2) is 39.5 Å². The molecule has 1 aromatic rings. The van der Waals surface area contributed by atoms with E-state index in [2.05, 4.69) is 23.5 Å². The zero-order chi connectivity index (χ0) is 15.5. The number of benzene rings is 1. The molecule has 0 aromatic heterocycles. The Morgan fingerprint density at radius 2 is 2.00 bits per heavy atom. The molecular weight excluding hydrogens is 298 g/mol. The second-order valence-electron chi connectivity index (χ2n) is 5.09. The normalized spacial score (nSPS) is 12.3. The van der Waals surface area contributed by atoms with E-state index in [1.165, 1.54) is 6.07 Å². The Kier molecular flexibility index (Phi) is 5.82. The smallest absolute Gasteiger partial charge is 0.241 e. The predicted octanol–water partition coefficient (Wildman–Crippen LogP) is 1.85. The van der Waals surface area contributed by atoms with Crippen molar-refractivity contribution in [2.24, 2.45) is 0 Å². The van der Waals surface area contributed by atoms with Crippen molar-refractivity contribution in [1.29, 1.82) is 0 Å². The predicted molar refractivity (Wildman–Crippen MR) is 83.6 cm³/mol. The van der Waals surface area contributed by atoms with Crippen LogP contribution in [0.2, 0.25) is 5.02 Å². The fourth-order valence-electron chi connectivity index (χ4n) is 1.65. The van der Waals surface area contributed by atoms with Gasteiger partial charge in [0.05, 0.1) is 4.90 Å². The van der Waals surface area contributed by atoms with Crippen LogP contribution in [0.3, 0.4) is 0 Å². The van der Waals surface area contributed by atoms with Gasteiger partial charge in [-0.3, -0.25) is 0 Å². The first-order chi connectivity index (χ1) is 9.15. The van der Waals surface area contributed by atoms with Gasteiger partial charge in [0.1, 0.15) is 0 Å². The number of anilines is 1. The molecule has 5 nitrogen and oxygen atoms in total. The SMILES string of the molecule is Cc1c(N)cc(Cl)cc1S(=O)(=O)NCCN(C)C(C)C. The van der Waals surface area contributed by atoms with Crippen molar-refractivity contribution < 1.29 is 8.42 Å². The van der Waals surface area contributed by atoms with Crippen LogP contribution >= 0.6 is 11.6 Å². The Morgan fingerprint density at radius 1 is 1.40 bits per heavy atom. The van der Waals surface area contributed by atoms with E-state index >= 15 is 0 Å². The molecule has 3 N–H and O–H groups in total. The van der Waals surface area contributed by atoms with E-state index in [1.807, 2.05) is 7.05 Å². The number of nitrogens with zero attached hydrogens (tertiary/aromatic N) is 1. The van der Waals surface area contributed by atoms with Gasteiger partial charge in [-0.2, -0.15) is 0 Å². The largest absolute Gasteiger partial charge is 0.398 e. The molecule has 0 amide bonds. The molecule has 0 spiro atoms. The maximum Gasteiger partial charge on any atom is 0.241 e. The van der Waals surface area contributed by atoms with Gasteiger partial charge in [0.15, 0.2) is 0 Å². The summed E-state index contributed by atoms with van der Waals surface area (Å²) in [6.45, 7) is 6.74. The van der Waals surface area contributed by atoms with E-state index in [0.717, 1.165) is 0 Å². The molecule has 0 heterocycles. The van der Waals surface area contributed by atoms with Crippen LogP contribution in [0.4, 0.5) is 5.69 Å². The Labute approximate surface area is 126 Å². The van der Waals surface area contributed by atoms with E-state index < -0.39 is 10.0 Å². The molecule has 0 aliphatic heterocycles. The lowest BCUT2D eigenvalue weighted by molar-refractivity contribution is 0.278. The molecule has 0 fully saturated rings. The zero-order valence-electron chi connectivity index (χ0n) is 12.3. The number of nitrogens with two attached hydrogens (primary N) is 1. The summed E-state index contributed by atoms with van der Waals surface area (Å²) in [7, 11) is -1.65. The maximum atomic E-state index is 12.3. The van der Waals surface area contributed by atoms with Crippen LogP contribution in [0.1, 0.15) is 19.4 Å². The van der Waals surface area contributed by atoms with Crippen LogP contribution in [-0.2, 0) is 10.0 Å². The molecule has 7 heteroatoms. The Bertz CT molecular complexity index is 573. The van der Waals surface area contributed by atoms with Gasteiger partial charge < -0.3 is 10.6 Å². The van der Waals surface area contributed by atoms with Gasteiger partial charge >= 0.3 is 0 Å². The lowest BCUT2D eigenvalue weighted by atomic mass is 10.2. The van der Waals surface area contributed by atoms with E-state index in [9.17, 15) is 8.42 Å². The summed E-state index contributed by atoms with van der Waals surface area (Å²) < 4.78 is 27.1. The molecule has 0 radical (unpaired) electrons. The Morgan fingerprint density at radius 3 is 2.55 bits per heavy atom. The van der Waals surface area contributed by atoms with Gasteiger partial charge in [0, 0.05) is 29.8 Å². The molecule has 0 unspecified atom stereocenters. The summed E-state index contributed by atoms with van der Waals surface area (Å²) in [4.78, 5) is 2.19. The minimum Gasteiger partial charge on any atom is -0.398 e. The van der Waals surface area contributed by atoms with E-state index in [1.54, 1.807) is 13.0 Å². The van der Waals surface area contributed by atoms with Gasteiger partial charge in [-0.05, 0) is 45.5 Å². The number of hydrogen-bond acceptors (Lipinski definition) is 4. The molecule has 0 saturated carbocycles. The number of halogens is 1. The van der Waals surface area contributed by atoms with Gasteiger partial charge in [-0.25, -0.2) is 13.1 Å². The molecule has 20 heavy (non-hydrogen) atoms. The monoisotopic (exact) mass is 319 g/mol. The number of likely N-dealkylation sites (N-methyl/N-ethyl adjacent to an activating group) is 1. The first-order valence-electron chi connectivity index (χ1n) is 6.40. The average Bonchev–Trinajstić information content (AvgIpc) is 2.33. The summed E-state index contributed by atoms with van der Waals surface area (Å²) in [5, 5.41) is 0.313. The second-order valence-corrected chi connectivity index (χ2v) is 7.26. The third kappa shape index (κ3) is 4.34. The maximum absolute atomic E-state index is 12.3. The zero-order valence-corrected chi connectivity index (χ0v) is 13.8. The fourth-order valence-corrected chi connectivity index (χ4v) is 3.26. The molecule has 0 atom stereocenters. The van der Waals surface area contributed by atoms with Crippen LogP contribution < -0.4 is 10.5 Å². The minimum atomic E-state index is -3.60. The lowest BCUT2D eigenvalue weighted by Crippen LogP contribution is -2.36. The van der Waals surface area contributed by atoms with Gasteiger partial charge in [0.2, 0.25) is 10.0 Å². The number of hydrogen-bond donors (Lipinski definition) is 2. The van der Waals surface area contributed by atoms with Gasteiger partial charge in [-0.15, -0.1) is 0 Å². The molecule has 1 rings (SSSR count). The number of sulfonamides is 1. The molecule has 114 valence electrons. The number of nitrogen functional groups attached to an aromatic ring is 1. The van der Waals surface area contributed by atoms with Crippen LogP contribution in [0, 0.1) is 6.92 Å². The van der Waals surface area contributed by atoms with Crippen LogP contribution in [0.15, 0.2) is 17.0 Å². The number of nitrogens with one attached hydrogen (secondary N) is 1. The highest BCUT2D eigenvalue weighted by atomic mass is 35.5. The summed E-state index contributed by atoms with van der Waals surface area (Å²) >= 11 is 5.87. The molecule has 1 aromatic carbocycles. The summed E-state index contributed by atoms with van der Waals surface area (Å²) in [6, 6.07) is 3.33. The van der Waals surface area contributed by atoms with E-state index in [4.69, 9.17) is 17.3 Å². The Balaban J connectivity index is 2.85. The second kappa shape index (κ2) is 6.76. The van der Waals surface area contributed by atoms with Crippen molar-refractivity contribution in [1.82, 2.24) is 9.62 Å². The number of rotatable bonds is 6. The molecule has 0 aliphatic rings. The van der Waals surface area contributed by atoms with Crippen molar-refractivity contribution in [2.75, 3.05) is 25.9 Å². The van der Waals surface area contributed by atoms with Crippen LogP contribution in [0.5, 0.6) is 0 Å². The molecule has 0 aliphatic carbocycles. The lowest BCUT2D eigenvalue weighted by Gasteiger charge is -2.21. The Hall–Kier alpha value is -0.820. The van der Waals surface area contributed by atoms with Crippen LogP contribution in [0.25, 0.3) is 0 Å². The van der Waals surface area contributed by atoms with Crippen molar-refractivity contribution in [3.63, 3.8) is 0 Å². The molecule has 0 bridgehead atoms. The molecular formula is C13H22ClN3O2S. The third-order valence-corrected chi connectivity index (χ3v) is 5.10. The average molecular weight is 320 g/mol. The first-order valence-corrected chi connectivity index (χ1v) is 8.26. The van der Waals surface area contributed by atoms with Crippen molar-refractivity contribution >= 4 is 27.3 Å². The highest BCUT2D eigenvalue weighted by Crippen LogP contribution is 2.25. The summed E-state index contributed by atoms with van der Waals surface area (Å²) in [5.74, 6) is 0. The van der Waals surface area contributed by atoms with E-state index in [-0.39, 0.29) is 4.90 Å². The standard InChI is InChI=1S/C13H22ClN3O2S/c1-9(2)17(4)6-5-16-20(18,19)13-8-11(14)7-12(15)10(13)3/h7-9,16H,5-6,15H2,1-4H3. The highest BCUT2D eigenvalue weighted by Gasteiger charge is 2.19. The van der Waals surface area contributed by atoms with Gasteiger partial charge in [-0.1, -0.05) is 11.6 Å². The fraction of sp³-hybridized carbons (Fsp3) is 0.538. The summed E-state index contributed by atoms with van der Waals surface area (Å²) in [5.41, 5.74) is 6.64. The summed E-state index contributed by atoms with van der Waals surface area (Å²) in [6.07, 6.45) is 0. The minimum absolute atomic E-state index is 0.134.